The van der Waals surface area contributed by atoms with Gasteiger partial charge in [0.15, 0.2) is 0 Å². The van der Waals surface area contributed by atoms with E-state index in [9.17, 15) is 14.0 Å². The number of hydrogen-bond donors (Lipinski definition) is 1. The standard InChI is InChI=1S/C25H28FN3O3/c1-2-28-21-15-32-22(13-20(21)27-14-23(28)30)25(31)29-12-11-16-5-3-4-6-19(16)24(29)17-7-9-18(26)10-8-17/h3-10,20-22,24,27H,2,11-15H2,1H3/t20-,21?,22+,24-/m0/s1. The van der Waals surface area contributed by atoms with E-state index in [1.807, 2.05) is 34.9 Å². The van der Waals surface area contributed by atoms with Crippen molar-refractivity contribution < 1.29 is 18.7 Å². The van der Waals surface area contributed by atoms with E-state index in [1.165, 1.54) is 17.7 Å². The van der Waals surface area contributed by atoms with Crippen molar-refractivity contribution in [3.63, 3.8) is 0 Å². The third-order valence-electron chi connectivity index (χ3n) is 7.01. The Bertz CT molecular complexity index is 1010. The lowest BCUT2D eigenvalue weighted by Gasteiger charge is -2.47. The van der Waals surface area contributed by atoms with E-state index >= 15 is 0 Å². The number of benzene rings is 2. The number of rotatable bonds is 3. The molecule has 3 aliphatic heterocycles. The van der Waals surface area contributed by atoms with Gasteiger partial charge in [-0.3, -0.25) is 9.59 Å². The Balaban J connectivity index is 1.41. The van der Waals surface area contributed by atoms with Crippen LogP contribution in [0.15, 0.2) is 48.5 Å². The molecule has 0 aromatic heterocycles. The molecule has 6 nitrogen and oxygen atoms in total. The largest absolute Gasteiger partial charge is 0.366 e. The first-order valence-corrected chi connectivity index (χ1v) is 11.3. The van der Waals surface area contributed by atoms with Crippen LogP contribution in [-0.2, 0) is 20.7 Å². The first-order valence-electron chi connectivity index (χ1n) is 11.3. The third-order valence-corrected chi connectivity index (χ3v) is 7.01. The summed E-state index contributed by atoms with van der Waals surface area (Å²) in [5.74, 6) is -0.268. The van der Waals surface area contributed by atoms with Crippen molar-refractivity contribution in [1.82, 2.24) is 15.1 Å². The molecule has 0 spiro atoms. The van der Waals surface area contributed by atoms with Gasteiger partial charge in [0.25, 0.3) is 5.91 Å². The number of ether oxygens (including phenoxy) is 1. The smallest absolute Gasteiger partial charge is 0.252 e. The first-order chi connectivity index (χ1) is 15.6. The monoisotopic (exact) mass is 437 g/mol. The Hall–Kier alpha value is -2.77. The molecular formula is C25H28FN3O3. The highest BCUT2D eigenvalue weighted by Gasteiger charge is 2.44. The zero-order valence-corrected chi connectivity index (χ0v) is 18.2. The van der Waals surface area contributed by atoms with E-state index in [2.05, 4.69) is 11.4 Å². The van der Waals surface area contributed by atoms with E-state index in [4.69, 9.17) is 4.74 Å². The zero-order chi connectivity index (χ0) is 22.2. The molecule has 0 bridgehead atoms. The van der Waals surface area contributed by atoms with Crippen molar-refractivity contribution in [1.29, 1.82) is 0 Å². The van der Waals surface area contributed by atoms with Crippen LogP contribution in [0.1, 0.15) is 36.1 Å². The molecule has 1 N–H and O–H groups in total. The Kier molecular flexibility index (Phi) is 5.69. The van der Waals surface area contributed by atoms with E-state index in [1.54, 1.807) is 12.1 Å². The van der Waals surface area contributed by atoms with Crippen molar-refractivity contribution >= 4 is 11.8 Å². The number of amides is 2. The summed E-state index contributed by atoms with van der Waals surface area (Å²) in [6.07, 6.45) is 0.736. The van der Waals surface area contributed by atoms with Gasteiger partial charge >= 0.3 is 0 Å². The Labute approximate surface area is 187 Å². The SMILES string of the molecule is CCN1C(=O)CN[C@H]2C[C@H](C(=O)N3CCc4ccccc4[C@@H]3c3ccc(F)cc3)OCC21. The molecule has 0 saturated carbocycles. The van der Waals surface area contributed by atoms with Gasteiger partial charge in [-0.05, 0) is 42.2 Å². The molecular weight excluding hydrogens is 409 g/mol. The number of halogens is 1. The maximum atomic E-state index is 13.7. The lowest BCUT2D eigenvalue weighted by Crippen LogP contribution is -2.66. The number of nitrogens with one attached hydrogen (secondary N) is 1. The number of likely N-dealkylation sites (N-methyl/N-ethyl adjacent to an activating group) is 1. The highest BCUT2D eigenvalue weighted by molar-refractivity contribution is 5.83. The average Bonchev–Trinajstić information content (AvgIpc) is 2.83. The minimum Gasteiger partial charge on any atom is -0.366 e. The fourth-order valence-electron chi connectivity index (χ4n) is 5.39. The minimum atomic E-state index is -0.566. The summed E-state index contributed by atoms with van der Waals surface area (Å²) >= 11 is 0. The van der Waals surface area contributed by atoms with Crippen LogP contribution in [-0.4, -0.2) is 66.0 Å². The molecule has 2 fully saturated rings. The molecule has 4 atom stereocenters. The summed E-state index contributed by atoms with van der Waals surface area (Å²) in [5, 5.41) is 3.30. The van der Waals surface area contributed by atoms with Crippen LogP contribution in [0.3, 0.4) is 0 Å². The van der Waals surface area contributed by atoms with Crippen LogP contribution >= 0.6 is 0 Å². The predicted octanol–water partition coefficient (Wildman–Crippen LogP) is 2.28. The molecule has 2 aromatic rings. The highest BCUT2D eigenvalue weighted by Crippen LogP contribution is 2.36. The predicted molar refractivity (Wildman–Crippen MR) is 117 cm³/mol. The van der Waals surface area contributed by atoms with E-state index in [-0.39, 0.29) is 35.8 Å². The molecule has 168 valence electrons. The van der Waals surface area contributed by atoms with Crippen molar-refractivity contribution in [2.24, 2.45) is 0 Å². The summed E-state index contributed by atoms with van der Waals surface area (Å²) in [6.45, 7) is 3.83. The van der Waals surface area contributed by atoms with Crippen LogP contribution in [0.5, 0.6) is 0 Å². The number of carbonyl (C=O) groups is 2. The van der Waals surface area contributed by atoms with E-state index in [0.717, 1.165) is 17.5 Å². The number of piperazine rings is 1. The number of carbonyl (C=O) groups excluding carboxylic acids is 2. The molecule has 0 aliphatic carbocycles. The first kappa shape index (κ1) is 21.1. The molecule has 2 amide bonds. The Morgan fingerprint density at radius 3 is 2.75 bits per heavy atom. The second-order valence-electron chi connectivity index (χ2n) is 8.73. The lowest BCUT2D eigenvalue weighted by atomic mass is 9.87. The van der Waals surface area contributed by atoms with Gasteiger partial charge < -0.3 is 19.9 Å². The van der Waals surface area contributed by atoms with Gasteiger partial charge in [0.1, 0.15) is 11.9 Å². The van der Waals surface area contributed by atoms with E-state index in [0.29, 0.717) is 32.7 Å². The van der Waals surface area contributed by atoms with Gasteiger partial charge in [-0.2, -0.15) is 0 Å². The summed E-state index contributed by atoms with van der Waals surface area (Å²) in [4.78, 5) is 29.6. The fraction of sp³-hybridized carbons (Fsp3) is 0.440. The number of hydrogen-bond acceptors (Lipinski definition) is 4. The van der Waals surface area contributed by atoms with Crippen molar-refractivity contribution in [2.75, 3.05) is 26.2 Å². The minimum absolute atomic E-state index is 0.0386. The summed E-state index contributed by atoms with van der Waals surface area (Å²) in [5.41, 5.74) is 3.17. The summed E-state index contributed by atoms with van der Waals surface area (Å²) in [6, 6.07) is 14.3. The van der Waals surface area contributed by atoms with Crippen LogP contribution in [0.25, 0.3) is 0 Å². The van der Waals surface area contributed by atoms with Crippen LogP contribution < -0.4 is 5.32 Å². The molecule has 5 rings (SSSR count). The number of nitrogens with zero attached hydrogens (tertiary/aromatic N) is 2. The average molecular weight is 438 g/mol. The van der Waals surface area contributed by atoms with Gasteiger partial charge in [0.2, 0.25) is 5.91 Å². The van der Waals surface area contributed by atoms with Crippen LogP contribution in [0.4, 0.5) is 4.39 Å². The number of fused-ring (bicyclic) bond motifs is 2. The lowest BCUT2D eigenvalue weighted by molar-refractivity contribution is -0.158. The maximum Gasteiger partial charge on any atom is 0.252 e. The zero-order valence-electron chi connectivity index (χ0n) is 18.2. The van der Waals surface area contributed by atoms with E-state index < -0.39 is 6.10 Å². The highest BCUT2D eigenvalue weighted by atomic mass is 19.1. The van der Waals surface area contributed by atoms with Crippen LogP contribution in [0.2, 0.25) is 0 Å². The van der Waals surface area contributed by atoms with Gasteiger partial charge in [0.05, 0.1) is 25.2 Å². The van der Waals surface area contributed by atoms with Crippen molar-refractivity contribution in [3.05, 3.63) is 71.0 Å². The fourth-order valence-corrected chi connectivity index (χ4v) is 5.39. The Morgan fingerprint density at radius 2 is 1.97 bits per heavy atom. The quantitative estimate of drug-likeness (QED) is 0.801. The van der Waals surface area contributed by atoms with Gasteiger partial charge in [-0.1, -0.05) is 36.4 Å². The third kappa shape index (κ3) is 3.69. The molecule has 3 heterocycles. The topological polar surface area (TPSA) is 61.9 Å². The molecule has 2 saturated heterocycles. The second kappa shape index (κ2) is 8.64. The maximum absolute atomic E-state index is 13.7. The second-order valence-corrected chi connectivity index (χ2v) is 8.73. The molecule has 3 aliphatic rings. The van der Waals surface area contributed by atoms with Crippen LogP contribution in [0, 0.1) is 5.82 Å². The van der Waals surface area contributed by atoms with Gasteiger partial charge in [-0.15, -0.1) is 0 Å². The Morgan fingerprint density at radius 1 is 1.19 bits per heavy atom. The van der Waals surface area contributed by atoms with Gasteiger partial charge in [0, 0.05) is 25.6 Å². The molecule has 7 heteroatoms. The normalized spacial score (nSPS) is 27.6. The molecule has 1 unspecified atom stereocenters. The van der Waals surface area contributed by atoms with Gasteiger partial charge in [-0.25, -0.2) is 4.39 Å². The molecule has 32 heavy (non-hydrogen) atoms. The summed E-state index contributed by atoms with van der Waals surface area (Å²) < 4.78 is 19.7. The molecule has 2 aromatic carbocycles. The molecule has 0 radical (unpaired) electrons. The van der Waals surface area contributed by atoms with Crippen molar-refractivity contribution in [3.8, 4) is 0 Å². The van der Waals surface area contributed by atoms with Crippen molar-refractivity contribution in [2.45, 2.75) is 44.0 Å². The summed E-state index contributed by atoms with van der Waals surface area (Å²) in [7, 11) is 0.